The normalized spacial score (nSPS) is 15.5. The van der Waals surface area contributed by atoms with E-state index in [0.29, 0.717) is 19.0 Å². The smallest absolute Gasteiger partial charge is 0.372 e. The molecule has 0 saturated heterocycles. The quantitative estimate of drug-likeness (QED) is 0.469. The number of nitrogens with zero attached hydrogens (tertiary/aromatic N) is 3. The van der Waals surface area contributed by atoms with Gasteiger partial charge < -0.3 is 14.8 Å². The largest absolute Gasteiger partial charge is 0.476 e. The summed E-state index contributed by atoms with van der Waals surface area (Å²) in [6.07, 6.45) is 5.52. The molecule has 0 spiro atoms. The van der Waals surface area contributed by atoms with Crippen molar-refractivity contribution < 1.29 is 14.4 Å². The Morgan fingerprint density at radius 3 is 2.59 bits per heavy atom. The van der Waals surface area contributed by atoms with Crippen LogP contribution in [0.25, 0.3) is 0 Å². The number of aromatic nitrogens is 2. The number of ether oxygens (including phenoxy) is 2. The van der Waals surface area contributed by atoms with E-state index in [9.17, 15) is 10.1 Å². The maximum Gasteiger partial charge on any atom is 0.372 e. The molecule has 1 aliphatic rings. The van der Waals surface area contributed by atoms with Crippen molar-refractivity contribution in [3.8, 4) is 5.88 Å². The summed E-state index contributed by atoms with van der Waals surface area (Å²) in [6.45, 7) is 0.865. The van der Waals surface area contributed by atoms with Crippen molar-refractivity contribution in [3.63, 3.8) is 0 Å². The fraction of sp³-hybridized carbons (Fsp3) is 0.714. The van der Waals surface area contributed by atoms with E-state index < -0.39 is 4.92 Å². The van der Waals surface area contributed by atoms with Crippen LogP contribution in [0, 0.1) is 10.1 Å². The van der Waals surface area contributed by atoms with E-state index in [1.54, 1.807) is 7.11 Å². The third kappa shape index (κ3) is 3.82. The van der Waals surface area contributed by atoms with Gasteiger partial charge in [0.2, 0.25) is 5.82 Å². The highest BCUT2D eigenvalue weighted by atomic mass is 16.6. The average molecular weight is 310 g/mol. The highest BCUT2D eigenvalue weighted by Gasteiger charge is 2.28. The van der Waals surface area contributed by atoms with Crippen LogP contribution in [-0.4, -0.2) is 42.3 Å². The molecule has 8 heteroatoms. The van der Waals surface area contributed by atoms with Crippen molar-refractivity contribution in [1.82, 2.24) is 9.97 Å². The Morgan fingerprint density at radius 1 is 1.27 bits per heavy atom. The summed E-state index contributed by atoms with van der Waals surface area (Å²) in [6, 6.07) is 0. The minimum Gasteiger partial charge on any atom is -0.476 e. The third-order valence-electron chi connectivity index (χ3n) is 3.81. The molecule has 8 nitrogen and oxygen atoms in total. The van der Waals surface area contributed by atoms with Gasteiger partial charge in [0.15, 0.2) is 0 Å². The number of hydrogen-bond acceptors (Lipinski definition) is 7. The number of methoxy groups -OCH3 is 2. The van der Waals surface area contributed by atoms with Crippen molar-refractivity contribution in [2.75, 3.05) is 32.7 Å². The number of nitrogens with one attached hydrogen (secondary N) is 1. The summed E-state index contributed by atoms with van der Waals surface area (Å²) in [4.78, 5) is 19.5. The standard InChI is InChI=1S/C14H22N4O4/c1-21-9-8-15-13-11(18(19)20)14(22-2)17-12(16-13)10-6-4-3-5-7-10/h10H,3-9H2,1-2H3,(H,15,16,17). The molecule has 1 saturated carbocycles. The molecular formula is C14H22N4O4. The Morgan fingerprint density at radius 2 is 2.00 bits per heavy atom. The van der Waals surface area contributed by atoms with E-state index in [-0.39, 0.29) is 23.3 Å². The van der Waals surface area contributed by atoms with Crippen LogP contribution in [0.15, 0.2) is 0 Å². The first kappa shape index (κ1) is 16.4. The van der Waals surface area contributed by atoms with Gasteiger partial charge in [-0.1, -0.05) is 19.3 Å². The van der Waals surface area contributed by atoms with Gasteiger partial charge >= 0.3 is 5.69 Å². The first-order chi connectivity index (χ1) is 10.7. The van der Waals surface area contributed by atoms with Crippen LogP contribution >= 0.6 is 0 Å². The second-order valence-electron chi connectivity index (χ2n) is 5.30. The summed E-state index contributed by atoms with van der Waals surface area (Å²) in [5.74, 6) is 1.09. The monoisotopic (exact) mass is 310 g/mol. The van der Waals surface area contributed by atoms with Crippen LogP contribution in [-0.2, 0) is 4.74 Å². The van der Waals surface area contributed by atoms with E-state index in [1.807, 2.05) is 0 Å². The van der Waals surface area contributed by atoms with Crippen LogP contribution in [0.2, 0.25) is 0 Å². The van der Waals surface area contributed by atoms with Gasteiger partial charge in [0.25, 0.3) is 5.88 Å². The Hall–Kier alpha value is -1.96. The van der Waals surface area contributed by atoms with E-state index >= 15 is 0 Å². The molecule has 2 rings (SSSR count). The molecule has 0 aromatic carbocycles. The zero-order valence-corrected chi connectivity index (χ0v) is 13.0. The van der Waals surface area contributed by atoms with E-state index in [2.05, 4.69) is 15.3 Å². The summed E-state index contributed by atoms with van der Waals surface area (Å²) >= 11 is 0. The second kappa shape index (κ2) is 7.88. The number of hydrogen-bond donors (Lipinski definition) is 1. The maximum atomic E-state index is 11.3. The number of rotatable bonds is 7. The van der Waals surface area contributed by atoms with Crippen LogP contribution in [0.5, 0.6) is 5.88 Å². The van der Waals surface area contributed by atoms with Gasteiger partial charge in [-0.05, 0) is 12.8 Å². The third-order valence-corrected chi connectivity index (χ3v) is 3.81. The molecule has 22 heavy (non-hydrogen) atoms. The molecule has 0 aliphatic heterocycles. The highest BCUT2D eigenvalue weighted by molar-refractivity contribution is 5.61. The fourth-order valence-electron chi connectivity index (χ4n) is 2.70. The van der Waals surface area contributed by atoms with E-state index in [1.165, 1.54) is 13.5 Å². The van der Waals surface area contributed by atoms with Crippen molar-refractivity contribution in [2.24, 2.45) is 0 Å². The number of anilines is 1. The van der Waals surface area contributed by atoms with E-state index in [4.69, 9.17) is 9.47 Å². The molecule has 1 N–H and O–H groups in total. The summed E-state index contributed by atoms with van der Waals surface area (Å²) in [5.41, 5.74) is -0.224. The first-order valence-electron chi connectivity index (χ1n) is 7.50. The molecule has 1 aliphatic carbocycles. The average Bonchev–Trinajstić information content (AvgIpc) is 2.54. The van der Waals surface area contributed by atoms with Gasteiger partial charge in [-0.3, -0.25) is 10.1 Å². The topological polar surface area (TPSA) is 99.4 Å². The lowest BCUT2D eigenvalue weighted by Gasteiger charge is -2.21. The predicted molar refractivity (Wildman–Crippen MR) is 81.4 cm³/mol. The minimum absolute atomic E-state index is 0.0143. The highest BCUT2D eigenvalue weighted by Crippen LogP contribution is 2.37. The summed E-state index contributed by atoms with van der Waals surface area (Å²) < 4.78 is 10.1. The van der Waals surface area contributed by atoms with Crippen LogP contribution in [0.1, 0.15) is 43.8 Å². The van der Waals surface area contributed by atoms with Crippen molar-refractivity contribution in [3.05, 3.63) is 15.9 Å². The molecule has 1 heterocycles. The Bertz CT molecular complexity index is 518. The van der Waals surface area contributed by atoms with Crippen LogP contribution < -0.4 is 10.1 Å². The Labute approximate surface area is 129 Å². The first-order valence-corrected chi connectivity index (χ1v) is 7.50. The fourth-order valence-corrected chi connectivity index (χ4v) is 2.70. The molecule has 1 fully saturated rings. The van der Waals surface area contributed by atoms with Crippen LogP contribution in [0.4, 0.5) is 11.5 Å². The number of nitro groups is 1. The van der Waals surface area contributed by atoms with Crippen molar-refractivity contribution in [1.29, 1.82) is 0 Å². The molecule has 122 valence electrons. The molecular weight excluding hydrogens is 288 g/mol. The molecule has 0 radical (unpaired) electrons. The van der Waals surface area contributed by atoms with Crippen molar-refractivity contribution >= 4 is 11.5 Å². The molecule has 0 amide bonds. The van der Waals surface area contributed by atoms with Gasteiger partial charge in [0, 0.05) is 19.6 Å². The molecule has 1 aromatic rings. The SMILES string of the molecule is COCCNc1nc(C2CCCCC2)nc(OC)c1[N+](=O)[O-]. The van der Waals surface area contributed by atoms with Gasteiger partial charge in [0.1, 0.15) is 5.82 Å². The second-order valence-corrected chi connectivity index (χ2v) is 5.30. The van der Waals surface area contributed by atoms with Gasteiger partial charge in [-0.2, -0.15) is 4.98 Å². The lowest BCUT2D eigenvalue weighted by atomic mass is 9.88. The zero-order chi connectivity index (χ0) is 15.9. The van der Waals surface area contributed by atoms with Gasteiger partial charge in [0.05, 0.1) is 18.6 Å². The minimum atomic E-state index is -0.515. The molecule has 1 aromatic heterocycles. The summed E-state index contributed by atoms with van der Waals surface area (Å²) in [7, 11) is 2.96. The Balaban J connectivity index is 2.34. The van der Waals surface area contributed by atoms with Crippen LogP contribution in [0.3, 0.4) is 0 Å². The molecule has 0 atom stereocenters. The van der Waals surface area contributed by atoms with Gasteiger partial charge in [-0.15, -0.1) is 0 Å². The lowest BCUT2D eigenvalue weighted by Crippen LogP contribution is -2.16. The molecule has 0 bridgehead atoms. The lowest BCUT2D eigenvalue weighted by molar-refractivity contribution is -0.385. The zero-order valence-electron chi connectivity index (χ0n) is 13.0. The predicted octanol–water partition coefficient (Wildman–Crippen LogP) is 2.50. The van der Waals surface area contributed by atoms with Crippen molar-refractivity contribution in [2.45, 2.75) is 38.0 Å². The Kier molecular flexibility index (Phi) is 5.88. The summed E-state index contributed by atoms with van der Waals surface area (Å²) in [5, 5.41) is 14.2. The van der Waals surface area contributed by atoms with Gasteiger partial charge in [-0.25, -0.2) is 4.98 Å². The molecule has 0 unspecified atom stereocenters. The van der Waals surface area contributed by atoms with E-state index in [0.717, 1.165) is 25.7 Å². The maximum absolute atomic E-state index is 11.3.